The second-order valence-corrected chi connectivity index (χ2v) is 8.26. The Labute approximate surface area is 189 Å². The van der Waals surface area contributed by atoms with E-state index in [1.807, 2.05) is 19.1 Å². The maximum atomic E-state index is 13.1. The first-order valence-electron chi connectivity index (χ1n) is 8.69. The van der Waals surface area contributed by atoms with E-state index in [2.05, 4.69) is 41.9 Å². The predicted molar refractivity (Wildman–Crippen MR) is 121 cm³/mol. The summed E-state index contributed by atoms with van der Waals surface area (Å²) in [7, 11) is 0. The summed E-state index contributed by atoms with van der Waals surface area (Å²) in [6.45, 7) is 1.88. The molecule has 0 spiro atoms. The van der Waals surface area contributed by atoms with E-state index in [4.69, 9.17) is 21.6 Å². The molecule has 0 fully saturated rings. The Balaban J connectivity index is 2.16. The van der Waals surface area contributed by atoms with Crippen molar-refractivity contribution in [1.29, 1.82) is 5.26 Å². The third kappa shape index (κ3) is 4.86. The number of fused-ring (bicyclic) bond motifs is 1. The Bertz CT molecular complexity index is 1200. The van der Waals surface area contributed by atoms with Crippen LogP contribution < -0.4 is 10.3 Å². The second kappa shape index (κ2) is 9.53. The van der Waals surface area contributed by atoms with Crippen molar-refractivity contribution in [3.05, 3.63) is 66.0 Å². The minimum absolute atomic E-state index is 0.131. The molecule has 0 saturated carbocycles. The van der Waals surface area contributed by atoms with E-state index in [1.54, 1.807) is 24.3 Å². The molecular weight excluding hydrogens is 524 g/mol. The quantitative estimate of drug-likeness (QED) is 0.399. The molecule has 0 unspecified atom stereocenters. The zero-order valence-electron chi connectivity index (χ0n) is 15.3. The van der Waals surface area contributed by atoms with Gasteiger partial charge in [-0.15, -0.1) is 0 Å². The summed E-state index contributed by atoms with van der Waals surface area (Å²) in [4.78, 5) is 17.7. The van der Waals surface area contributed by atoms with Crippen LogP contribution >= 0.6 is 43.5 Å². The van der Waals surface area contributed by atoms with Gasteiger partial charge in [0.15, 0.2) is 6.61 Å². The molecule has 3 rings (SSSR count). The third-order valence-electron chi connectivity index (χ3n) is 3.98. The van der Waals surface area contributed by atoms with Crippen LogP contribution in [-0.4, -0.2) is 22.5 Å². The number of aryl methyl sites for hydroxylation is 1. The molecule has 0 aliphatic heterocycles. The molecule has 9 heteroatoms. The smallest absolute Gasteiger partial charge is 0.282 e. The molecule has 0 atom stereocenters. The fourth-order valence-corrected chi connectivity index (χ4v) is 4.06. The van der Waals surface area contributed by atoms with Crippen LogP contribution in [-0.2, 0) is 6.42 Å². The van der Waals surface area contributed by atoms with Gasteiger partial charge in [0.25, 0.3) is 5.56 Å². The molecule has 0 bridgehead atoms. The Morgan fingerprint density at radius 3 is 2.86 bits per heavy atom. The molecule has 2 aromatic carbocycles. The van der Waals surface area contributed by atoms with Gasteiger partial charge < -0.3 is 4.74 Å². The highest BCUT2D eigenvalue weighted by Crippen LogP contribution is 2.32. The molecule has 29 heavy (non-hydrogen) atoms. The first-order valence-corrected chi connectivity index (χ1v) is 10.6. The van der Waals surface area contributed by atoms with Crippen molar-refractivity contribution in [2.75, 3.05) is 6.61 Å². The first-order chi connectivity index (χ1) is 13.9. The number of aromatic nitrogens is 2. The average molecular weight is 539 g/mol. The number of halogens is 3. The lowest BCUT2D eigenvalue weighted by atomic mass is 10.2. The second-order valence-electron chi connectivity index (χ2n) is 6.05. The van der Waals surface area contributed by atoms with Gasteiger partial charge in [-0.1, -0.05) is 34.5 Å². The van der Waals surface area contributed by atoms with Gasteiger partial charge in [-0.3, -0.25) is 4.79 Å². The van der Waals surface area contributed by atoms with Crippen molar-refractivity contribution in [2.24, 2.45) is 5.10 Å². The van der Waals surface area contributed by atoms with Gasteiger partial charge >= 0.3 is 0 Å². The van der Waals surface area contributed by atoms with Gasteiger partial charge in [0.2, 0.25) is 0 Å². The molecule has 6 nitrogen and oxygen atoms in total. The van der Waals surface area contributed by atoms with Crippen molar-refractivity contribution in [3.8, 4) is 11.8 Å². The molecule has 0 radical (unpaired) electrons. The highest BCUT2D eigenvalue weighted by molar-refractivity contribution is 9.10. The van der Waals surface area contributed by atoms with Crippen LogP contribution in [0, 0.1) is 11.3 Å². The van der Waals surface area contributed by atoms with E-state index in [0.717, 1.165) is 10.9 Å². The average Bonchev–Trinajstić information content (AvgIpc) is 2.68. The number of benzene rings is 2. The number of hydrogen-bond donors (Lipinski definition) is 0. The molecule has 0 aliphatic rings. The molecule has 0 amide bonds. The molecule has 148 valence electrons. The minimum atomic E-state index is -0.267. The maximum absolute atomic E-state index is 13.1. The summed E-state index contributed by atoms with van der Waals surface area (Å²) in [5, 5.41) is 14.1. The summed E-state index contributed by atoms with van der Waals surface area (Å²) < 4.78 is 8.15. The van der Waals surface area contributed by atoms with E-state index < -0.39 is 0 Å². The van der Waals surface area contributed by atoms with Crippen molar-refractivity contribution in [1.82, 2.24) is 9.66 Å². The van der Waals surface area contributed by atoms with E-state index >= 15 is 0 Å². The Morgan fingerprint density at radius 1 is 1.34 bits per heavy atom. The molecule has 0 N–H and O–H groups in total. The zero-order chi connectivity index (χ0) is 21.0. The van der Waals surface area contributed by atoms with Gasteiger partial charge in [0.1, 0.15) is 17.6 Å². The Morgan fingerprint density at radius 2 is 2.14 bits per heavy atom. The summed E-state index contributed by atoms with van der Waals surface area (Å²) >= 11 is 12.9. The number of nitrogens with zero attached hydrogens (tertiary/aromatic N) is 4. The lowest BCUT2D eigenvalue weighted by Gasteiger charge is -2.11. The standard InChI is InChI=1S/C20H15Br2ClN4O2/c1-2-3-18-26-17-5-4-13(21)9-15(17)20(28)27(18)25-11-12-8-14(23)10-16(22)19(12)29-7-6-24/h4-5,8-11H,2-3,7H2,1H3. The summed E-state index contributed by atoms with van der Waals surface area (Å²) in [5.74, 6) is 0.977. The molecule has 0 saturated heterocycles. The largest absolute Gasteiger partial charge is 0.477 e. The normalized spacial score (nSPS) is 11.1. The fourth-order valence-electron chi connectivity index (χ4n) is 2.75. The van der Waals surface area contributed by atoms with Crippen LogP contribution in [0.1, 0.15) is 24.7 Å². The van der Waals surface area contributed by atoms with E-state index in [-0.39, 0.29) is 12.2 Å². The number of ether oxygens (including phenoxy) is 1. The number of hydrogen-bond acceptors (Lipinski definition) is 5. The van der Waals surface area contributed by atoms with Crippen LogP contribution in [0.25, 0.3) is 10.9 Å². The molecule has 1 aromatic heterocycles. The van der Waals surface area contributed by atoms with Crippen molar-refractivity contribution in [2.45, 2.75) is 19.8 Å². The number of nitriles is 1. The summed E-state index contributed by atoms with van der Waals surface area (Å²) in [6, 6.07) is 10.6. The van der Waals surface area contributed by atoms with Crippen LogP contribution in [0.3, 0.4) is 0 Å². The van der Waals surface area contributed by atoms with Crippen LogP contribution in [0.15, 0.2) is 49.2 Å². The van der Waals surface area contributed by atoms with Gasteiger partial charge in [-0.25, -0.2) is 4.98 Å². The lowest BCUT2D eigenvalue weighted by Crippen LogP contribution is -2.22. The predicted octanol–water partition coefficient (Wildman–Crippen LogP) is 5.31. The highest BCUT2D eigenvalue weighted by Gasteiger charge is 2.12. The van der Waals surface area contributed by atoms with Crippen molar-refractivity contribution < 1.29 is 4.74 Å². The van der Waals surface area contributed by atoms with Gasteiger partial charge in [0, 0.05) is 21.5 Å². The van der Waals surface area contributed by atoms with Crippen molar-refractivity contribution >= 4 is 60.6 Å². The monoisotopic (exact) mass is 536 g/mol. The van der Waals surface area contributed by atoms with Gasteiger partial charge in [0.05, 0.1) is 21.6 Å². The lowest BCUT2D eigenvalue weighted by molar-refractivity contribution is 0.365. The minimum Gasteiger partial charge on any atom is -0.477 e. The third-order valence-corrected chi connectivity index (χ3v) is 5.28. The fraction of sp³-hybridized carbons (Fsp3) is 0.200. The SMILES string of the molecule is CCCc1nc2ccc(Br)cc2c(=O)n1N=Cc1cc(Cl)cc(Br)c1OCC#N. The van der Waals surface area contributed by atoms with Crippen LogP contribution in [0.4, 0.5) is 0 Å². The van der Waals surface area contributed by atoms with Gasteiger partial charge in [-0.05, 0) is 52.7 Å². The Kier molecular flexibility index (Phi) is 7.06. The summed E-state index contributed by atoms with van der Waals surface area (Å²) in [5.41, 5.74) is 0.886. The topological polar surface area (TPSA) is 80.3 Å². The molecule has 0 aliphatic carbocycles. The van der Waals surface area contributed by atoms with E-state index in [1.165, 1.54) is 10.9 Å². The van der Waals surface area contributed by atoms with Gasteiger partial charge in [-0.2, -0.15) is 15.0 Å². The molecule has 1 heterocycles. The molecule has 3 aromatic rings. The number of rotatable bonds is 6. The Hall–Kier alpha value is -2.21. The van der Waals surface area contributed by atoms with Crippen LogP contribution in [0.2, 0.25) is 5.02 Å². The van der Waals surface area contributed by atoms with Crippen LogP contribution in [0.5, 0.6) is 5.75 Å². The summed E-state index contributed by atoms with van der Waals surface area (Å²) in [6.07, 6.45) is 2.88. The van der Waals surface area contributed by atoms with Crippen molar-refractivity contribution in [3.63, 3.8) is 0 Å². The maximum Gasteiger partial charge on any atom is 0.282 e. The first kappa shape index (κ1) is 21.5. The zero-order valence-corrected chi connectivity index (χ0v) is 19.3. The molecular formula is C20H15Br2ClN4O2. The highest BCUT2D eigenvalue weighted by atomic mass is 79.9. The van der Waals surface area contributed by atoms with E-state index in [9.17, 15) is 4.79 Å². The van der Waals surface area contributed by atoms with E-state index in [0.29, 0.717) is 44.0 Å².